The fraction of sp³-hybridized carbons (Fsp3) is 0.333. The van der Waals surface area contributed by atoms with Crippen molar-refractivity contribution < 1.29 is 9.90 Å². The first-order valence-corrected chi connectivity index (χ1v) is 7.24. The molecule has 1 aliphatic carbocycles. The maximum atomic E-state index is 12.3. The van der Waals surface area contributed by atoms with E-state index < -0.39 is 0 Å². The normalized spacial score (nSPS) is 17.3. The van der Waals surface area contributed by atoms with Crippen molar-refractivity contribution in [2.75, 3.05) is 0 Å². The molecular formula is C15H16ClN3O2. The standard InChI is InChI=1S/C15H16ClN3O2/c1-19-13-4-2-3-12(10(13)8-17-19)18-15(21)9-5-6-14(20)11(16)7-9/h5-8,12,20H,2-4H2,1H3,(H,18,21)/t12-/m1/s1. The molecule has 2 aromatic rings. The average Bonchev–Trinajstić information content (AvgIpc) is 2.85. The molecule has 5 nitrogen and oxygen atoms in total. The van der Waals surface area contributed by atoms with Crippen LogP contribution >= 0.6 is 11.6 Å². The van der Waals surface area contributed by atoms with Gasteiger partial charge in [0.2, 0.25) is 0 Å². The van der Waals surface area contributed by atoms with Gasteiger partial charge in [0.15, 0.2) is 0 Å². The largest absolute Gasteiger partial charge is 0.506 e. The van der Waals surface area contributed by atoms with Crippen LogP contribution in [0.1, 0.15) is 40.5 Å². The molecule has 0 spiro atoms. The minimum absolute atomic E-state index is 0.0254. The number of carbonyl (C=O) groups is 1. The van der Waals surface area contributed by atoms with Crippen molar-refractivity contribution in [3.05, 3.63) is 46.2 Å². The Hall–Kier alpha value is -2.01. The zero-order valence-electron chi connectivity index (χ0n) is 11.6. The van der Waals surface area contributed by atoms with Gasteiger partial charge in [-0.2, -0.15) is 5.10 Å². The third kappa shape index (κ3) is 2.61. The van der Waals surface area contributed by atoms with E-state index in [9.17, 15) is 9.90 Å². The van der Waals surface area contributed by atoms with Gasteiger partial charge in [-0.25, -0.2) is 0 Å². The number of carbonyl (C=O) groups excluding carboxylic acids is 1. The number of nitrogens with one attached hydrogen (secondary N) is 1. The lowest BCUT2D eigenvalue weighted by Crippen LogP contribution is -2.30. The monoisotopic (exact) mass is 305 g/mol. The summed E-state index contributed by atoms with van der Waals surface area (Å²) >= 11 is 5.84. The maximum Gasteiger partial charge on any atom is 0.251 e. The molecular weight excluding hydrogens is 290 g/mol. The van der Waals surface area contributed by atoms with Gasteiger partial charge in [0, 0.05) is 23.9 Å². The first-order chi connectivity index (χ1) is 10.1. The number of halogens is 1. The molecule has 0 unspecified atom stereocenters. The Kier molecular flexibility index (Phi) is 3.59. The van der Waals surface area contributed by atoms with E-state index in [1.54, 1.807) is 6.07 Å². The van der Waals surface area contributed by atoms with Crippen LogP contribution in [0.3, 0.4) is 0 Å². The predicted molar refractivity (Wildman–Crippen MR) is 79.5 cm³/mol. The van der Waals surface area contributed by atoms with E-state index in [2.05, 4.69) is 10.4 Å². The van der Waals surface area contributed by atoms with Crippen LogP contribution in [0.4, 0.5) is 0 Å². The van der Waals surface area contributed by atoms with E-state index in [1.165, 1.54) is 17.8 Å². The van der Waals surface area contributed by atoms with Gasteiger partial charge in [0.25, 0.3) is 5.91 Å². The molecule has 0 fully saturated rings. The lowest BCUT2D eigenvalue weighted by molar-refractivity contribution is 0.0932. The Morgan fingerprint density at radius 2 is 2.33 bits per heavy atom. The van der Waals surface area contributed by atoms with Gasteiger partial charge in [0.05, 0.1) is 17.3 Å². The molecule has 1 amide bonds. The topological polar surface area (TPSA) is 67.2 Å². The minimum atomic E-state index is -0.196. The minimum Gasteiger partial charge on any atom is -0.506 e. The molecule has 3 rings (SSSR count). The summed E-state index contributed by atoms with van der Waals surface area (Å²) in [7, 11) is 1.92. The fourth-order valence-corrected chi connectivity index (χ4v) is 2.93. The number of amides is 1. The maximum absolute atomic E-state index is 12.3. The van der Waals surface area contributed by atoms with Crippen LogP contribution < -0.4 is 5.32 Å². The first-order valence-electron chi connectivity index (χ1n) is 6.86. The van der Waals surface area contributed by atoms with Gasteiger partial charge in [-0.3, -0.25) is 9.48 Å². The van der Waals surface area contributed by atoms with Crippen LogP contribution in [0, 0.1) is 0 Å². The molecule has 0 aliphatic heterocycles. The van der Waals surface area contributed by atoms with Gasteiger partial charge in [-0.05, 0) is 37.5 Å². The van der Waals surface area contributed by atoms with E-state index >= 15 is 0 Å². The molecule has 0 bridgehead atoms. The molecule has 0 saturated carbocycles. The molecule has 2 N–H and O–H groups in total. The average molecular weight is 306 g/mol. The van der Waals surface area contributed by atoms with Gasteiger partial charge in [0.1, 0.15) is 5.75 Å². The smallest absolute Gasteiger partial charge is 0.251 e. The summed E-state index contributed by atoms with van der Waals surface area (Å²) in [6.45, 7) is 0. The summed E-state index contributed by atoms with van der Waals surface area (Å²) in [4.78, 5) is 12.3. The second kappa shape index (κ2) is 5.41. The van der Waals surface area contributed by atoms with E-state index in [0.717, 1.165) is 24.8 Å². The highest BCUT2D eigenvalue weighted by molar-refractivity contribution is 6.32. The zero-order chi connectivity index (χ0) is 15.0. The number of phenols is 1. The lowest BCUT2D eigenvalue weighted by Gasteiger charge is -2.23. The van der Waals surface area contributed by atoms with E-state index in [4.69, 9.17) is 11.6 Å². The lowest BCUT2D eigenvalue weighted by atomic mass is 9.93. The third-order valence-corrected chi connectivity index (χ3v) is 4.19. The summed E-state index contributed by atoms with van der Waals surface area (Å²) < 4.78 is 1.87. The number of hydrogen-bond acceptors (Lipinski definition) is 3. The summed E-state index contributed by atoms with van der Waals surface area (Å²) in [5, 5.41) is 16.9. The highest BCUT2D eigenvalue weighted by Crippen LogP contribution is 2.30. The predicted octanol–water partition coefficient (Wildman–Crippen LogP) is 2.59. The number of nitrogens with zero attached hydrogens (tertiary/aromatic N) is 2. The molecule has 1 atom stereocenters. The second-order valence-corrected chi connectivity index (χ2v) is 5.66. The van der Waals surface area contributed by atoms with Gasteiger partial charge in [-0.1, -0.05) is 11.6 Å². The molecule has 1 aliphatic rings. The van der Waals surface area contributed by atoms with Crippen molar-refractivity contribution in [3.63, 3.8) is 0 Å². The van der Waals surface area contributed by atoms with Crippen LogP contribution in [0.25, 0.3) is 0 Å². The van der Waals surface area contributed by atoms with Crippen LogP contribution in [-0.4, -0.2) is 20.8 Å². The van der Waals surface area contributed by atoms with Gasteiger partial charge >= 0.3 is 0 Å². The fourth-order valence-electron chi connectivity index (χ4n) is 2.75. The highest BCUT2D eigenvalue weighted by Gasteiger charge is 2.25. The Morgan fingerprint density at radius 1 is 1.52 bits per heavy atom. The quantitative estimate of drug-likeness (QED) is 0.896. The number of aromatic hydroxyl groups is 1. The Morgan fingerprint density at radius 3 is 3.10 bits per heavy atom. The summed E-state index contributed by atoms with van der Waals surface area (Å²) in [5.41, 5.74) is 2.70. The van der Waals surface area contributed by atoms with Crippen LogP contribution in [-0.2, 0) is 13.5 Å². The Labute approximate surface area is 127 Å². The third-order valence-electron chi connectivity index (χ3n) is 3.89. The van der Waals surface area contributed by atoms with E-state index in [1.807, 2.05) is 17.9 Å². The van der Waals surface area contributed by atoms with Crippen molar-refractivity contribution in [2.45, 2.75) is 25.3 Å². The summed E-state index contributed by atoms with van der Waals surface area (Å²) in [5.74, 6) is -0.223. The number of hydrogen-bond donors (Lipinski definition) is 2. The number of phenolic OH excluding ortho intramolecular Hbond substituents is 1. The Balaban J connectivity index is 1.81. The SMILES string of the molecule is Cn1ncc2c1CCC[C@H]2NC(=O)c1ccc(O)c(Cl)c1. The molecule has 0 radical (unpaired) electrons. The van der Waals surface area contributed by atoms with Crippen molar-refractivity contribution in [2.24, 2.45) is 7.05 Å². The number of benzene rings is 1. The van der Waals surface area contributed by atoms with Crippen LogP contribution in [0.2, 0.25) is 5.02 Å². The first kappa shape index (κ1) is 13.9. The molecule has 110 valence electrons. The summed E-state index contributed by atoms with van der Waals surface area (Å²) in [6.07, 6.45) is 4.73. The van der Waals surface area contributed by atoms with Gasteiger partial charge < -0.3 is 10.4 Å². The van der Waals surface area contributed by atoms with Gasteiger partial charge in [-0.15, -0.1) is 0 Å². The zero-order valence-corrected chi connectivity index (χ0v) is 12.4. The highest BCUT2D eigenvalue weighted by atomic mass is 35.5. The van der Waals surface area contributed by atoms with Crippen LogP contribution in [0.15, 0.2) is 24.4 Å². The van der Waals surface area contributed by atoms with E-state index in [0.29, 0.717) is 5.56 Å². The molecule has 1 heterocycles. The molecule has 6 heteroatoms. The molecule has 1 aromatic carbocycles. The molecule has 0 saturated heterocycles. The number of aromatic nitrogens is 2. The van der Waals surface area contributed by atoms with Crippen molar-refractivity contribution in [1.82, 2.24) is 15.1 Å². The number of aryl methyl sites for hydroxylation is 1. The van der Waals surface area contributed by atoms with Crippen molar-refractivity contribution in [1.29, 1.82) is 0 Å². The summed E-state index contributed by atoms with van der Waals surface area (Å²) in [6, 6.07) is 4.43. The Bertz CT molecular complexity index is 696. The van der Waals surface area contributed by atoms with Crippen molar-refractivity contribution >= 4 is 17.5 Å². The number of rotatable bonds is 2. The second-order valence-electron chi connectivity index (χ2n) is 5.25. The molecule has 1 aromatic heterocycles. The van der Waals surface area contributed by atoms with Crippen LogP contribution in [0.5, 0.6) is 5.75 Å². The molecule has 21 heavy (non-hydrogen) atoms. The number of fused-ring (bicyclic) bond motifs is 1. The van der Waals surface area contributed by atoms with Crippen molar-refractivity contribution in [3.8, 4) is 5.75 Å². The van der Waals surface area contributed by atoms with E-state index in [-0.39, 0.29) is 22.7 Å².